The van der Waals surface area contributed by atoms with Crippen molar-refractivity contribution in [3.05, 3.63) is 0 Å². The molecule has 0 radical (unpaired) electrons. The fourth-order valence-corrected chi connectivity index (χ4v) is 3.36. The molecule has 0 aliphatic carbocycles. The highest BCUT2D eigenvalue weighted by Gasteiger charge is 2.07. The van der Waals surface area contributed by atoms with Crippen LogP contribution in [0.4, 0.5) is 0 Å². The quantitative estimate of drug-likeness (QED) is 0.315. The highest BCUT2D eigenvalue weighted by atomic mass is 32.2. The number of rotatable bonds is 15. The minimum Gasteiger partial charge on any atom is -0.306 e. The van der Waals surface area contributed by atoms with Crippen LogP contribution in [0.5, 0.6) is 0 Å². The summed E-state index contributed by atoms with van der Waals surface area (Å²) in [5.41, 5.74) is 0. The van der Waals surface area contributed by atoms with Crippen molar-refractivity contribution in [1.82, 2.24) is 9.80 Å². The van der Waals surface area contributed by atoms with E-state index in [1.807, 2.05) is 14.1 Å². The second kappa shape index (κ2) is 12.2. The Morgan fingerprint density at radius 1 is 0.583 bits per heavy atom. The van der Waals surface area contributed by atoms with E-state index in [0.29, 0.717) is 25.9 Å². The van der Waals surface area contributed by atoms with Crippen LogP contribution in [0.3, 0.4) is 0 Å². The predicted molar refractivity (Wildman–Crippen MR) is 95.5 cm³/mol. The molecule has 0 aliphatic rings. The van der Waals surface area contributed by atoms with E-state index in [1.54, 1.807) is 0 Å². The van der Waals surface area contributed by atoms with Crippen LogP contribution in [-0.2, 0) is 20.2 Å². The Kier molecular flexibility index (Phi) is 12.0. The van der Waals surface area contributed by atoms with Gasteiger partial charge in [-0.1, -0.05) is 12.8 Å². The Morgan fingerprint density at radius 3 is 1.17 bits per heavy atom. The average molecular weight is 389 g/mol. The van der Waals surface area contributed by atoms with E-state index >= 15 is 0 Å². The van der Waals surface area contributed by atoms with Crippen LogP contribution in [0.15, 0.2) is 0 Å². The zero-order valence-corrected chi connectivity index (χ0v) is 16.4. The number of nitrogens with zero attached hydrogens (tertiary/aromatic N) is 2. The molecule has 0 spiro atoms. The lowest BCUT2D eigenvalue weighted by atomic mass is 10.2. The van der Waals surface area contributed by atoms with Crippen molar-refractivity contribution in [2.45, 2.75) is 38.5 Å². The third kappa shape index (κ3) is 18.1. The van der Waals surface area contributed by atoms with Crippen molar-refractivity contribution in [3.8, 4) is 0 Å². The summed E-state index contributed by atoms with van der Waals surface area (Å²) in [6.45, 7) is 3.10. The minimum absolute atomic E-state index is 0.193. The van der Waals surface area contributed by atoms with Gasteiger partial charge in [-0.2, -0.15) is 16.8 Å². The molecule has 0 atom stereocenters. The molecule has 0 saturated carbocycles. The first kappa shape index (κ1) is 23.7. The average Bonchev–Trinajstić information content (AvgIpc) is 2.39. The molecular formula is C14H32N2O6S2. The largest absolute Gasteiger partial charge is 0.306 e. The molecular weight excluding hydrogens is 356 g/mol. The van der Waals surface area contributed by atoms with Gasteiger partial charge in [-0.3, -0.25) is 9.11 Å². The Morgan fingerprint density at radius 2 is 0.875 bits per heavy atom. The smallest absolute Gasteiger partial charge is 0.264 e. The highest BCUT2D eigenvalue weighted by Crippen LogP contribution is 2.03. The van der Waals surface area contributed by atoms with Crippen LogP contribution in [0.1, 0.15) is 38.5 Å². The molecule has 0 amide bonds. The number of unbranched alkanes of at least 4 members (excludes halogenated alkanes) is 3. The summed E-state index contributed by atoms with van der Waals surface area (Å²) in [6.07, 6.45) is 5.11. The lowest BCUT2D eigenvalue weighted by Gasteiger charge is -2.17. The topological polar surface area (TPSA) is 115 Å². The van der Waals surface area contributed by atoms with Gasteiger partial charge >= 0.3 is 0 Å². The third-order valence-electron chi connectivity index (χ3n) is 3.71. The van der Waals surface area contributed by atoms with Crippen molar-refractivity contribution in [2.75, 3.05) is 51.8 Å². The predicted octanol–water partition coefficient (Wildman–Crippen LogP) is 0.966. The molecule has 0 heterocycles. The van der Waals surface area contributed by atoms with E-state index < -0.39 is 20.2 Å². The molecule has 0 fully saturated rings. The second-order valence-electron chi connectivity index (χ2n) is 6.30. The van der Waals surface area contributed by atoms with E-state index in [1.165, 1.54) is 0 Å². The third-order valence-corrected chi connectivity index (χ3v) is 5.32. The van der Waals surface area contributed by atoms with Gasteiger partial charge < -0.3 is 9.80 Å². The molecule has 10 heteroatoms. The van der Waals surface area contributed by atoms with Crippen molar-refractivity contribution < 1.29 is 25.9 Å². The summed E-state index contributed by atoms with van der Waals surface area (Å²) in [7, 11) is -3.83. The summed E-state index contributed by atoms with van der Waals surface area (Å²) in [6, 6.07) is 0. The van der Waals surface area contributed by atoms with Crippen molar-refractivity contribution in [2.24, 2.45) is 0 Å². The minimum atomic E-state index is -3.85. The van der Waals surface area contributed by atoms with Gasteiger partial charge in [-0.25, -0.2) is 0 Å². The Bertz CT molecular complexity index is 473. The van der Waals surface area contributed by atoms with Gasteiger partial charge in [0.2, 0.25) is 0 Å². The standard InChI is InChI=1S/C14H32N2O6S2/c1-15(11-7-13-23(17,18)19)9-5-3-4-6-10-16(2)12-8-14-24(20,21)22/h3-14H2,1-2H3,(H,17,18,19)(H,20,21,22). The van der Waals surface area contributed by atoms with E-state index in [0.717, 1.165) is 38.8 Å². The van der Waals surface area contributed by atoms with Crippen LogP contribution in [-0.4, -0.2) is 87.5 Å². The van der Waals surface area contributed by atoms with Crippen LogP contribution < -0.4 is 0 Å². The fraction of sp³-hybridized carbons (Fsp3) is 1.00. The molecule has 24 heavy (non-hydrogen) atoms. The summed E-state index contributed by atoms with van der Waals surface area (Å²) in [4.78, 5) is 4.12. The Balaban J connectivity index is 3.49. The molecule has 0 aromatic rings. The Labute approximate surface area is 146 Å². The lowest BCUT2D eigenvalue weighted by molar-refractivity contribution is 0.309. The zero-order valence-electron chi connectivity index (χ0n) is 14.7. The van der Waals surface area contributed by atoms with E-state index in [9.17, 15) is 16.8 Å². The number of hydrogen-bond donors (Lipinski definition) is 2. The van der Waals surface area contributed by atoms with Gasteiger partial charge in [0.15, 0.2) is 0 Å². The molecule has 0 saturated heterocycles. The molecule has 8 nitrogen and oxygen atoms in total. The molecule has 0 aliphatic heterocycles. The molecule has 0 aromatic carbocycles. The van der Waals surface area contributed by atoms with E-state index in [4.69, 9.17) is 9.11 Å². The molecule has 2 N–H and O–H groups in total. The maximum atomic E-state index is 10.6. The van der Waals surface area contributed by atoms with Crippen molar-refractivity contribution in [1.29, 1.82) is 0 Å². The van der Waals surface area contributed by atoms with Crippen molar-refractivity contribution in [3.63, 3.8) is 0 Å². The van der Waals surface area contributed by atoms with Crippen LogP contribution in [0.25, 0.3) is 0 Å². The van der Waals surface area contributed by atoms with Crippen LogP contribution in [0.2, 0.25) is 0 Å². The van der Waals surface area contributed by atoms with E-state index in [-0.39, 0.29) is 11.5 Å². The lowest BCUT2D eigenvalue weighted by Crippen LogP contribution is -2.23. The molecule has 146 valence electrons. The van der Waals surface area contributed by atoms with Gasteiger partial charge in [0.1, 0.15) is 0 Å². The summed E-state index contributed by atoms with van der Waals surface area (Å²) in [5.74, 6) is -0.386. The van der Waals surface area contributed by atoms with Gasteiger partial charge in [-0.05, 0) is 66.0 Å². The highest BCUT2D eigenvalue weighted by molar-refractivity contribution is 7.86. The second-order valence-corrected chi connectivity index (χ2v) is 9.44. The van der Waals surface area contributed by atoms with E-state index in [2.05, 4.69) is 9.80 Å². The van der Waals surface area contributed by atoms with Crippen LogP contribution >= 0.6 is 0 Å². The first-order valence-electron chi connectivity index (χ1n) is 8.27. The molecule has 0 aromatic heterocycles. The SMILES string of the molecule is CN(CCCCCCN(C)CCCS(=O)(=O)O)CCCS(=O)(=O)O. The normalized spacial score (nSPS) is 13.1. The van der Waals surface area contributed by atoms with Gasteiger partial charge in [0.25, 0.3) is 20.2 Å². The maximum Gasteiger partial charge on any atom is 0.264 e. The monoisotopic (exact) mass is 388 g/mol. The maximum absolute atomic E-state index is 10.6. The first-order valence-corrected chi connectivity index (χ1v) is 11.5. The van der Waals surface area contributed by atoms with Gasteiger partial charge in [-0.15, -0.1) is 0 Å². The zero-order chi connectivity index (χ0) is 18.6. The summed E-state index contributed by atoms with van der Waals surface area (Å²) < 4.78 is 59.7. The first-order chi connectivity index (χ1) is 11.0. The summed E-state index contributed by atoms with van der Waals surface area (Å²) in [5, 5.41) is 0. The molecule has 0 rings (SSSR count). The number of hydrogen-bond acceptors (Lipinski definition) is 6. The molecule has 0 unspecified atom stereocenters. The fourth-order valence-electron chi connectivity index (χ4n) is 2.37. The summed E-state index contributed by atoms with van der Waals surface area (Å²) >= 11 is 0. The van der Waals surface area contributed by atoms with Crippen LogP contribution in [0, 0.1) is 0 Å². The van der Waals surface area contributed by atoms with Gasteiger partial charge in [0, 0.05) is 0 Å². The van der Waals surface area contributed by atoms with Crippen molar-refractivity contribution >= 4 is 20.2 Å². The van der Waals surface area contributed by atoms with Gasteiger partial charge in [0.05, 0.1) is 11.5 Å². The molecule has 0 bridgehead atoms. The Hall–Kier alpha value is -0.260.